The Hall–Kier alpha value is -2.03. The molecule has 2 aromatic rings. The first kappa shape index (κ1) is 10.5. The van der Waals surface area contributed by atoms with E-state index in [1.807, 2.05) is 0 Å². The molecule has 0 radical (unpaired) electrons. The minimum atomic E-state index is -0.347. The maximum Gasteiger partial charge on any atom is 0.168 e. The normalized spacial score (nSPS) is 10.1. The average molecular weight is 215 g/mol. The molecule has 80 valence electrons. The van der Waals surface area contributed by atoms with Crippen molar-refractivity contribution in [1.29, 1.82) is 0 Å². The highest BCUT2D eigenvalue weighted by Crippen LogP contribution is 2.10. The van der Waals surface area contributed by atoms with E-state index >= 15 is 0 Å². The van der Waals surface area contributed by atoms with E-state index in [2.05, 4.69) is 4.98 Å². The van der Waals surface area contributed by atoms with Crippen molar-refractivity contribution in [2.75, 3.05) is 0 Å². The number of ketones is 1. The second-order valence-electron chi connectivity index (χ2n) is 3.43. The zero-order valence-corrected chi connectivity index (χ0v) is 8.56. The molecular formula is C13H10FNO. The fourth-order valence-corrected chi connectivity index (χ4v) is 1.44. The van der Waals surface area contributed by atoms with Gasteiger partial charge in [-0.2, -0.15) is 0 Å². The Morgan fingerprint density at radius 1 is 1.19 bits per heavy atom. The molecule has 0 aliphatic heterocycles. The highest BCUT2D eigenvalue weighted by atomic mass is 19.1. The Balaban J connectivity index is 2.18. The van der Waals surface area contributed by atoms with Crippen LogP contribution < -0.4 is 0 Å². The predicted octanol–water partition coefficient (Wildman–Crippen LogP) is 2.65. The SMILES string of the molecule is O=C(Cc1ccccc1F)c1cccnc1. The zero-order valence-electron chi connectivity index (χ0n) is 8.56. The summed E-state index contributed by atoms with van der Waals surface area (Å²) in [6.45, 7) is 0. The van der Waals surface area contributed by atoms with E-state index in [1.54, 1.807) is 36.5 Å². The van der Waals surface area contributed by atoms with Crippen LogP contribution in [0.1, 0.15) is 15.9 Å². The van der Waals surface area contributed by atoms with Crippen LogP contribution in [-0.4, -0.2) is 10.8 Å². The largest absolute Gasteiger partial charge is 0.294 e. The van der Waals surface area contributed by atoms with Gasteiger partial charge in [-0.3, -0.25) is 9.78 Å². The van der Waals surface area contributed by atoms with Crippen LogP contribution in [-0.2, 0) is 6.42 Å². The second-order valence-corrected chi connectivity index (χ2v) is 3.43. The van der Waals surface area contributed by atoms with Crippen LogP contribution >= 0.6 is 0 Å². The summed E-state index contributed by atoms with van der Waals surface area (Å²) in [7, 11) is 0. The lowest BCUT2D eigenvalue weighted by atomic mass is 10.0. The third-order valence-corrected chi connectivity index (χ3v) is 2.29. The van der Waals surface area contributed by atoms with E-state index in [1.165, 1.54) is 12.3 Å². The molecule has 0 amide bonds. The van der Waals surface area contributed by atoms with Gasteiger partial charge in [-0.15, -0.1) is 0 Å². The number of carbonyl (C=O) groups is 1. The van der Waals surface area contributed by atoms with Gasteiger partial charge in [0.15, 0.2) is 5.78 Å². The molecule has 1 aromatic carbocycles. The number of nitrogens with zero attached hydrogens (tertiary/aromatic N) is 1. The molecule has 0 spiro atoms. The molecule has 0 atom stereocenters. The smallest absolute Gasteiger partial charge is 0.168 e. The third-order valence-electron chi connectivity index (χ3n) is 2.29. The molecule has 0 saturated carbocycles. The lowest BCUT2D eigenvalue weighted by molar-refractivity contribution is 0.0991. The summed E-state index contributed by atoms with van der Waals surface area (Å²) in [6, 6.07) is 9.66. The summed E-state index contributed by atoms with van der Waals surface area (Å²) >= 11 is 0. The van der Waals surface area contributed by atoms with E-state index < -0.39 is 0 Å². The van der Waals surface area contributed by atoms with Crippen LogP contribution in [0.5, 0.6) is 0 Å². The van der Waals surface area contributed by atoms with Crippen molar-refractivity contribution < 1.29 is 9.18 Å². The Labute approximate surface area is 92.8 Å². The van der Waals surface area contributed by atoms with E-state index in [0.717, 1.165) is 0 Å². The first-order chi connectivity index (χ1) is 7.77. The quantitative estimate of drug-likeness (QED) is 0.737. The maximum absolute atomic E-state index is 13.3. The fourth-order valence-electron chi connectivity index (χ4n) is 1.44. The molecule has 0 N–H and O–H groups in total. The number of carbonyl (C=O) groups excluding carboxylic acids is 1. The van der Waals surface area contributed by atoms with Crippen molar-refractivity contribution >= 4 is 5.78 Å². The molecule has 0 aliphatic carbocycles. The zero-order chi connectivity index (χ0) is 11.4. The number of hydrogen-bond acceptors (Lipinski definition) is 2. The van der Waals surface area contributed by atoms with Crippen molar-refractivity contribution in [3.63, 3.8) is 0 Å². The molecule has 0 fully saturated rings. The minimum absolute atomic E-state index is 0.0678. The number of rotatable bonds is 3. The van der Waals surface area contributed by atoms with Crippen molar-refractivity contribution in [2.24, 2.45) is 0 Å². The Morgan fingerprint density at radius 3 is 2.69 bits per heavy atom. The van der Waals surface area contributed by atoms with Gasteiger partial charge in [-0.05, 0) is 23.8 Å². The maximum atomic E-state index is 13.3. The Kier molecular flexibility index (Phi) is 3.05. The molecule has 16 heavy (non-hydrogen) atoms. The molecule has 0 unspecified atom stereocenters. The van der Waals surface area contributed by atoms with Crippen molar-refractivity contribution in [2.45, 2.75) is 6.42 Å². The van der Waals surface area contributed by atoms with E-state index in [-0.39, 0.29) is 18.0 Å². The van der Waals surface area contributed by atoms with Crippen molar-refractivity contribution in [3.05, 3.63) is 65.7 Å². The van der Waals surface area contributed by atoms with Gasteiger partial charge in [0.1, 0.15) is 5.82 Å². The predicted molar refractivity (Wildman–Crippen MR) is 58.7 cm³/mol. The lowest BCUT2D eigenvalue weighted by Crippen LogP contribution is -2.05. The molecule has 1 aromatic heterocycles. The van der Waals surface area contributed by atoms with Gasteiger partial charge in [0.05, 0.1) is 0 Å². The number of Topliss-reactive ketones (excluding diaryl/α,β-unsaturated/α-hetero) is 1. The monoisotopic (exact) mass is 215 g/mol. The fraction of sp³-hybridized carbons (Fsp3) is 0.0769. The first-order valence-electron chi connectivity index (χ1n) is 4.94. The molecule has 2 nitrogen and oxygen atoms in total. The van der Waals surface area contributed by atoms with Gasteiger partial charge in [0.25, 0.3) is 0 Å². The van der Waals surface area contributed by atoms with Crippen molar-refractivity contribution in [3.8, 4) is 0 Å². The number of benzene rings is 1. The highest BCUT2D eigenvalue weighted by Gasteiger charge is 2.09. The Bertz CT molecular complexity index is 496. The lowest BCUT2D eigenvalue weighted by Gasteiger charge is -2.02. The second kappa shape index (κ2) is 4.66. The van der Waals surface area contributed by atoms with Crippen LogP contribution in [0.15, 0.2) is 48.8 Å². The molecule has 0 saturated heterocycles. The van der Waals surface area contributed by atoms with Crippen LogP contribution in [0.4, 0.5) is 4.39 Å². The standard InChI is InChI=1S/C13H10FNO/c14-12-6-2-1-4-10(12)8-13(16)11-5-3-7-15-9-11/h1-7,9H,8H2. The summed E-state index contributed by atoms with van der Waals surface area (Å²) in [4.78, 5) is 15.6. The molecule has 0 bridgehead atoms. The summed E-state index contributed by atoms with van der Waals surface area (Å²) < 4.78 is 13.3. The molecule has 3 heteroatoms. The summed E-state index contributed by atoms with van der Waals surface area (Å²) in [5.41, 5.74) is 0.919. The summed E-state index contributed by atoms with van der Waals surface area (Å²) in [5, 5.41) is 0. The topological polar surface area (TPSA) is 30.0 Å². The van der Waals surface area contributed by atoms with Crippen LogP contribution in [0.25, 0.3) is 0 Å². The van der Waals surface area contributed by atoms with E-state index in [4.69, 9.17) is 0 Å². The first-order valence-corrected chi connectivity index (χ1v) is 4.94. The molecular weight excluding hydrogens is 205 g/mol. The van der Waals surface area contributed by atoms with Crippen LogP contribution in [0, 0.1) is 5.82 Å². The van der Waals surface area contributed by atoms with Gasteiger partial charge in [0, 0.05) is 24.4 Å². The summed E-state index contributed by atoms with van der Waals surface area (Å²) in [6.07, 6.45) is 3.15. The minimum Gasteiger partial charge on any atom is -0.294 e. The van der Waals surface area contributed by atoms with E-state index in [9.17, 15) is 9.18 Å². The van der Waals surface area contributed by atoms with Gasteiger partial charge < -0.3 is 0 Å². The number of hydrogen-bond donors (Lipinski definition) is 0. The van der Waals surface area contributed by atoms with E-state index in [0.29, 0.717) is 11.1 Å². The van der Waals surface area contributed by atoms with Gasteiger partial charge in [-0.25, -0.2) is 4.39 Å². The highest BCUT2D eigenvalue weighted by molar-refractivity contribution is 5.97. The van der Waals surface area contributed by atoms with Crippen LogP contribution in [0.3, 0.4) is 0 Å². The van der Waals surface area contributed by atoms with Crippen LogP contribution in [0.2, 0.25) is 0 Å². The molecule has 1 heterocycles. The number of halogens is 1. The number of aromatic nitrogens is 1. The summed E-state index contributed by atoms with van der Waals surface area (Å²) in [5.74, 6) is -0.474. The van der Waals surface area contributed by atoms with Gasteiger partial charge >= 0.3 is 0 Å². The number of pyridine rings is 1. The van der Waals surface area contributed by atoms with Gasteiger partial charge in [0.2, 0.25) is 0 Å². The molecule has 0 aliphatic rings. The average Bonchev–Trinajstić information content (AvgIpc) is 2.33. The Morgan fingerprint density at radius 2 is 2.00 bits per heavy atom. The van der Waals surface area contributed by atoms with Gasteiger partial charge in [-0.1, -0.05) is 18.2 Å². The van der Waals surface area contributed by atoms with Crippen molar-refractivity contribution in [1.82, 2.24) is 4.98 Å². The molecule has 2 rings (SSSR count). The third kappa shape index (κ3) is 2.31.